The second-order valence-electron chi connectivity index (χ2n) is 8.20. The molecule has 7 heteroatoms. The Balaban J connectivity index is 1.49. The van der Waals surface area contributed by atoms with Crippen molar-refractivity contribution in [2.45, 2.75) is 26.8 Å². The molecule has 0 spiro atoms. The van der Waals surface area contributed by atoms with E-state index in [-0.39, 0.29) is 0 Å². The zero-order valence-electron chi connectivity index (χ0n) is 19.9. The van der Waals surface area contributed by atoms with Crippen molar-refractivity contribution in [3.8, 4) is 0 Å². The maximum absolute atomic E-state index is 4.80. The van der Waals surface area contributed by atoms with Crippen LogP contribution < -0.4 is 20.4 Å². The number of guanidine groups is 1. The van der Waals surface area contributed by atoms with Gasteiger partial charge in [0, 0.05) is 64.2 Å². The lowest BCUT2D eigenvalue weighted by Gasteiger charge is -2.33. The van der Waals surface area contributed by atoms with Crippen LogP contribution >= 0.6 is 0 Å². The smallest absolute Gasteiger partial charge is 0.191 e. The molecule has 1 aliphatic heterocycles. The fourth-order valence-electron chi connectivity index (χ4n) is 3.86. The predicted octanol–water partition coefficient (Wildman–Crippen LogP) is 2.81. The number of likely N-dealkylation sites (N-methyl/N-ethyl adjacent to an activating group) is 1. The van der Waals surface area contributed by atoms with Crippen molar-refractivity contribution >= 4 is 17.5 Å². The van der Waals surface area contributed by atoms with Gasteiger partial charge in [0.1, 0.15) is 5.82 Å². The number of hydrogen-bond acceptors (Lipinski definition) is 5. The van der Waals surface area contributed by atoms with Gasteiger partial charge in [0.25, 0.3) is 0 Å². The van der Waals surface area contributed by atoms with Crippen molar-refractivity contribution in [1.29, 1.82) is 0 Å². The van der Waals surface area contributed by atoms with Crippen molar-refractivity contribution < 1.29 is 0 Å². The van der Waals surface area contributed by atoms with Crippen molar-refractivity contribution in [1.82, 2.24) is 20.5 Å². The van der Waals surface area contributed by atoms with E-state index >= 15 is 0 Å². The van der Waals surface area contributed by atoms with Crippen LogP contribution in [-0.4, -0.2) is 75.2 Å². The zero-order valence-corrected chi connectivity index (χ0v) is 19.9. The number of nitrogens with zero attached hydrogens (tertiary/aromatic N) is 5. The van der Waals surface area contributed by atoms with Crippen LogP contribution in [0.2, 0.25) is 0 Å². The maximum Gasteiger partial charge on any atom is 0.191 e. The molecule has 0 atom stereocenters. The van der Waals surface area contributed by atoms with Crippen LogP contribution in [0.5, 0.6) is 0 Å². The van der Waals surface area contributed by atoms with Gasteiger partial charge >= 0.3 is 0 Å². The Hall–Kier alpha value is -2.80. The number of nitrogens with one attached hydrogen (secondary N) is 2. The molecule has 174 valence electrons. The normalized spacial score (nSPS) is 15.0. The van der Waals surface area contributed by atoms with E-state index in [2.05, 4.69) is 93.7 Å². The first-order valence-electron chi connectivity index (χ1n) is 11.9. The Morgan fingerprint density at radius 3 is 2.56 bits per heavy atom. The van der Waals surface area contributed by atoms with E-state index in [9.17, 15) is 0 Å². The van der Waals surface area contributed by atoms with Gasteiger partial charge in [-0.25, -0.2) is 9.98 Å². The van der Waals surface area contributed by atoms with Crippen LogP contribution in [0.25, 0.3) is 0 Å². The SMILES string of the molecule is CCNC(=NCc1ccnc(N2CCN(C)CC2)c1)NCCCN(CC)c1ccccc1. The summed E-state index contributed by atoms with van der Waals surface area (Å²) >= 11 is 0. The molecule has 1 saturated heterocycles. The zero-order chi connectivity index (χ0) is 22.6. The highest BCUT2D eigenvalue weighted by Crippen LogP contribution is 2.15. The first-order chi connectivity index (χ1) is 15.7. The van der Waals surface area contributed by atoms with Crippen molar-refractivity contribution in [2.24, 2.45) is 4.99 Å². The lowest BCUT2D eigenvalue weighted by molar-refractivity contribution is 0.312. The number of aromatic nitrogens is 1. The third-order valence-corrected chi connectivity index (χ3v) is 5.80. The highest BCUT2D eigenvalue weighted by molar-refractivity contribution is 5.79. The molecule has 3 rings (SSSR count). The second kappa shape index (κ2) is 12.9. The topological polar surface area (TPSA) is 59.0 Å². The summed E-state index contributed by atoms with van der Waals surface area (Å²) in [5, 5.41) is 6.85. The van der Waals surface area contributed by atoms with Gasteiger partial charge in [0.05, 0.1) is 6.54 Å². The molecular weight excluding hydrogens is 398 g/mol. The molecule has 1 aliphatic rings. The summed E-state index contributed by atoms with van der Waals surface area (Å²) in [6.07, 6.45) is 2.96. The molecule has 0 bridgehead atoms. The van der Waals surface area contributed by atoms with E-state index in [1.165, 1.54) is 11.3 Å². The van der Waals surface area contributed by atoms with Crippen molar-refractivity contribution in [3.05, 3.63) is 54.2 Å². The molecule has 0 radical (unpaired) electrons. The minimum absolute atomic E-state index is 0.643. The fraction of sp³-hybridized carbons (Fsp3) is 0.520. The monoisotopic (exact) mass is 437 g/mol. The van der Waals surface area contributed by atoms with Gasteiger partial charge in [0.15, 0.2) is 5.96 Å². The molecule has 2 heterocycles. The van der Waals surface area contributed by atoms with Gasteiger partial charge in [-0.1, -0.05) is 18.2 Å². The van der Waals surface area contributed by atoms with Gasteiger partial charge < -0.3 is 25.3 Å². The molecule has 1 fully saturated rings. The fourth-order valence-corrected chi connectivity index (χ4v) is 3.86. The van der Waals surface area contributed by atoms with Gasteiger partial charge in [-0.15, -0.1) is 0 Å². The van der Waals surface area contributed by atoms with Crippen LogP contribution in [0.15, 0.2) is 53.7 Å². The average molecular weight is 438 g/mol. The Morgan fingerprint density at radius 2 is 1.84 bits per heavy atom. The quantitative estimate of drug-likeness (QED) is 0.339. The molecule has 32 heavy (non-hydrogen) atoms. The van der Waals surface area contributed by atoms with E-state index in [1.807, 2.05) is 6.20 Å². The number of aliphatic imine (C=N–C) groups is 1. The van der Waals surface area contributed by atoms with Crippen LogP contribution in [0.4, 0.5) is 11.5 Å². The minimum atomic E-state index is 0.643. The third kappa shape index (κ3) is 7.41. The maximum atomic E-state index is 4.80. The largest absolute Gasteiger partial charge is 0.372 e. The summed E-state index contributed by atoms with van der Waals surface area (Å²) in [5.41, 5.74) is 2.47. The van der Waals surface area contributed by atoms with E-state index in [0.29, 0.717) is 6.54 Å². The Bertz CT molecular complexity index is 816. The summed E-state index contributed by atoms with van der Waals surface area (Å²) in [6, 6.07) is 14.8. The number of pyridine rings is 1. The summed E-state index contributed by atoms with van der Waals surface area (Å²) in [4.78, 5) is 16.5. The Morgan fingerprint density at radius 1 is 1.06 bits per heavy atom. The van der Waals surface area contributed by atoms with Crippen LogP contribution in [0.3, 0.4) is 0 Å². The van der Waals surface area contributed by atoms with Gasteiger partial charge in [-0.05, 0) is 57.1 Å². The van der Waals surface area contributed by atoms with E-state index < -0.39 is 0 Å². The highest BCUT2D eigenvalue weighted by Gasteiger charge is 2.15. The molecule has 0 amide bonds. The number of benzene rings is 1. The molecule has 0 aliphatic carbocycles. The highest BCUT2D eigenvalue weighted by atomic mass is 15.3. The van der Waals surface area contributed by atoms with Crippen LogP contribution in [0, 0.1) is 0 Å². The first kappa shape index (κ1) is 23.9. The molecule has 0 saturated carbocycles. The van der Waals surface area contributed by atoms with E-state index in [4.69, 9.17) is 4.99 Å². The number of rotatable bonds is 10. The molecule has 1 aromatic carbocycles. The number of anilines is 2. The summed E-state index contributed by atoms with van der Waals surface area (Å²) in [5.74, 6) is 1.93. The summed E-state index contributed by atoms with van der Waals surface area (Å²) in [6.45, 7) is 12.9. The molecule has 0 unspecified atom stereocenters. The minimum Gasteiger partial charge on any atom is -0.372 e. The molecule has 2 aromatic rings. The number of para-hydroxylation sites is 1. The van der Waals surface area contributed by atoms with E-state index in [0.717, 1.165) is 70.6 Å². The predicted molar refractivity (Wildman–Crippen MR) is 136 cm³/mol. The lowest BCUT2D eigenvalue weighted by atomic mass is 10.2. The lowest BCUT2D eigenvalue weighted by Crippen LogP contribution is -2.44. The first-order valence-corrected chi connectivity index (χ1v) is 11.9. The number of hydrogen-bond donors (Lipinski definition) is 2. The molecular formula is C25H39N7. The van der Waals surface area contributed by atoms with Crippen LogP contribution in [-0.2, 0) is 6.54 Å². The number of piperazine rings is 1. The van der Waals surface area contributed by atoms with Gasteiger partial charge in [-0.3, -0.25) is 0 Å². The van der Waals surface area contributed by atoms with Crippen molar-refractivity contribution in [3.63, 3.8) is 0 Å². The van der Waals surface area contributed by atoms with Gasteiger partial charge in [0.2, 0.25) is 0 Å². The summed E-state index contributed by atoms with van der Waals surface area (Å²) < 4.78 is 0. The van der Waals surface area contributed by atoms with E-state index in [1.54, 1.807) is 0 Å². The average Bonchev–Trinajstić information content (AvgIpc) is 2.83. The standard InChI is InChI=1S/C25H39N7/c1-4-26-25(28-13-9-15-31(5-2)23-10-7-6-8-11-23)29-21-22-12-14-27-24(20-22)32-18-16-30(3)17-19-32/h6-8,10-12,14,20H,4-5,9,13,15-19,21H2,1-3H3,(H2,26,28,29). The summed E-state index contributed by atoms with van der Waals surface area (Å²) in [7, 11) is 2.17. The Kier molecular flexibility index (Phi) is 9.62. The van der Waals surface area contributed by atoms with Crippen molar-refractivity contribution in [2.75, 3.05) is 69.2 Å². The Labute approximate surface area is 193 Å². The third-order valence-electron chi connectivity index (χ3n) is 5.80. The molecule has 7 nitrogen and oxygen atoms in total. The molecule has 2 N–H and O–H groups in total. The van der Waals surface area contributed by atoms with Gasteiger partial charge in [-0.2, -0.15) is 0 Å². The molecule has 1 aromatic heterocycles. The van der Waals surface area contributed by atoms with Crippen LogP contribution in [0.1, 0.15) is 25.8 Å². The second-order valence-corrected chi connectivity index (χ2v) is 8.20.